The van der Waals surface area contributed by atoms with Crippen molar-refractivity contribution in [2.75, 3.05) is 25.1 Å². The van der Waals surface area contributed by atoms with Crippen molar-refractivity contribution in [3.8, 4) is 0 Å². The lowest BCUT2D eigenvalue weighted by atomic mass is 10.1. The monoisotopic (exact) mass is 279 g/mol. The number of rotatable bonds is 12. The van der Waals surface area contributed by atoms with Crippen LogP contribution >= 0.6 is 0 Å². The van der Waals surface area contributed by atoms with Crippen LogP contribution in [0.5, 0.6) is 0 Å². The minimum absolute atomic E-state index is 0.412. The highest BCUT2D eigenvalue weighted by Crippen LogP contribution is 2.06. The highest BCUT2D eigenvalue weighted by atomic mass is 16.5. The van der Waals surface area contributed by atoms with E-state index in [2.05, 4.69) is 12.2 Å². The molecule has 1 aromatic rings. The van der Waals surface area contributed by atoms with E-state index in [1.807, 2.05) is 30.3 Å². The van der Waals surface area contributed by atoms with Crippen molar-refractivity contribution in [1.82, 2.24) is 0 Å². The van der Waals surface area contributed by atoms with Gasteiger partial charge in [-0.05, 0) is 18.6 Å². The summed E-state index contributed by atoms with van der Waals surface area (Å²) >= 11 is 0. The third-order valence-electron chi connectivity index (χ3n) is 3.27. The zero-order chi connectivity index (χ0) is 14.5. The summed E-state index contributed by atoms with van der Waals surface area (Å²) in [6, 6.07) is 9.91. The number of anilines is 1. The molecule has 0 radical (unpaired) electrons. The summed E-state index contributed by atoms with van der Waals surface area (Å²) in [6.45, 7) is 3.93. The van der Waals surface area contributed by atoms with Crippen LogP contribution in [0.15, 0.2) is 30.3 Å². The van der Waals surface area contributed by atoms with E-state index in [1.165, 1.54) is 32.1 Å². The molecule has 0 saturated heterocycles. The number of unbranched alkanes of at least 4 members (excludes halogenated alkanes) is 5. The Hall–Kier alpha value is -1.06. The zero-order valence-electron chi connectivity index (χ0n) is 12.7. The lowest BCUT2D eigenvalue weighted by Gasteiger charge is -2.13. The Kier molecular flexibility index (Phi) is 9.98. The summed E-state index contributed by atoms with van der Waals surface area (Å²) in [6.07, 6.45) is 7.15. The molecule has 0 aliphatic heterocycles. The fraction of sp³-hybridized carbons (Fsp3) is 0.647. The van der Waals surface area contributed by atoms with E-state index in [0.29, 0.717) is 13.2 Å². The molecule has 0 bridgehead atoms. The van der Waals surface area contributed by atoms with Crippen molar-refractivity contribution in [2.45, 2.75) is 51.6 Å². The van der Waals surface area contributed by atoms with Gasteiger partial charge in [-0.25, -0.2) is 0 Å². The molecule has 0 fully saturated rings. The van der Waals surface area contributed by atoms with Gasteiger partial charge in [0.25, 0.3) is 0 Å². The summed E-state index contributed by atoms with van der Waals surface area (Å²) in [7, 11) is 0. The third-order valence-corrected chi connectivity index (χ3v) is 3.27. The normalized spacial score (nSPS) is 12.3. The van der Waals surface area contributed by atoms with E-state index in [-0.39, 0.29) is 0 Å². The number of nitrogens with one attached hydrogen (secondary N) is 1. The fourth-order valence-corrected chi connectivity index (χ4v) is 2.05. The Morgan fingerprint density at radius 2 is 1.75 bits per heavy atom. The van der Waals surface area contributed by atoms with Gasteiger partial charge >= 0.3 is 0 Å². The van der Waals surface area contributed by atoms with Crippen molar-refractivity contribution in [2.24, 2.45) is 0 Å². The Balaban J connectivity index is 1.91. The second-order valence-corrected chi connectivity index (χ2v) is 5.24. The van der Waals surface area contributed by atoms with Gasteiger partial charge in [0.15, 0.2) is 0 Å². The fourth-order valence-electron chi connectivity index (χ4n) is 2.05. The topological polar surface area (TPSA) is 41.5 Å². The predicted octanol–water partition coefficient (Wildman–Crippen LogP) is 3.84. The number of hydrogen-bond acceptors (Lipinski definition) is 3. The number of aliphatic hydroxyl groups is 1. The summed E-state index contributed by atoms with van der Waals surface area (Å²) in [5, 5.41) is 13.0. The van der Waals surface area contributed by atoms with Crippen molar-refractivity contribution >= 4 is 5.69 Å². The number of aliphatic hydroxyl groups excluding tert-OH is 1. The molecule has 0 aliphatic rings. The van der Waals surface area contributed by atoms with Gasteiger partial charge in [-0.2, -0.15) is 0 Å². The standard InChI is InChI=1S/C17H29NO2/c1-2-3-4-5-6-10-13-20-15-17(19)14-18-16-11-8-7-9-12-16/h7-9,11-12,17-19H,2-6,10,13-15H2,1H3. The molecule has 0 spiro atoms. The third kappa shape index (κ3) is 8.94. The highest BCUT2D eigenvalue weighted by molar-refractivity contribution is 5.42. The number of hydrogen-bond donors (Lipinski definition) is 2. The number of para-hydroxylation sites is 1. The quantitative estimate of drug-likeness (QED) is 0.571. The van der Waals surface area contributed by atoms with Gasteiger partial charge in [-0.15, -0.1) is 0 Å². The van der Waals surface area contributed by atoms with Crippen LogP contribution < -0.4 is 5.32 Å². The largest absolute Gasteiger partial charge is 0.389 e. The maximum Gasteiger partial charge on any atom is 0.0945 e. The van der Waals surface area contributed by atoms with Gasteiger partial charge in [-0.1, -0.05) is 57.2 Å². The summed E-state index contributed by atoms with van der Waals surface area (Å²) in [5.74, 6) is 0. The van der Waals surface area contributed by atoms with Crippen LogP contribution in [0, 0.1) is 0 Å². The van der Waals surface area contributed by atoms with E-state index in [0.717, 1.165) is 18.7 Å². The van der Waals surface area contributed by atoms with E-state index in [1.54, 1.807) is 0 Å². The lowest BCUT2D eigenvalue weighted by molar-refractivity contribution is 0.0416. The maximum atomic E-state index is 9.80. The summed E-state index contributed by atoms with van der Waals surface area (Å²) < 4.78 is 5.50. The lowest BCUT2D eigenvalue weighted by Crippen LogP contribution is -2.25. The molecule has 1 rings (SSSR count). The molecular weight excluding hydrogens is 250 g/mol. The van der Waals surface area contributed by atoms with Gasteiger partial charge in [0.05, 0.1) is 12.7 Å². The maximum absolute atomic E-state index is 9.80. The second kappa shape index (κ2) is 11.7. The molecule has 1 atom stereocenters. The Labute approximate surface area is 123 Å². The van der Waals surface area contributed by atoms with Crippen LogP contribution in [0.2, 0.25) is 0 Å². The van der Waals surface area contributed by atoms with Crippen LogP contribution in [0.3, 0.4) is 0 Å². The first kappa shape index (κ1) is 17.0. The van der Waals surface area contributed by atoms with Crippen LogP contribution in [0.25, 0.3) is 0 Å². The Bertz CT molecular complexity index is 316. The molecule has 0 amide bonds. The average Bonchev–Trinajstić information content (AvgIpc) is 2.49. The molecule has 1 unspecified atom stereocenters. The van der Waals surface area contributed by atoms with Crippen molar-refractivity contribution in [1.29, 1.82) is 0 Å². The van der Waals surface area contributed by atoms with Crippen molar-refractivity contribution in [3.63, 3.8) is 0 Å². The smallest absolute Gasteiger partial charge is 0.0945 e. The van der Waals surface area contributed by atoms with Crippen LogP contribution in [-0.4, -0.2) is 31.0 Å². The van der Waals surface area contributed by atoms with Gasteiger partial charge < -0.3 is 15.2 Å². The van der Waals surface area contributed by atoms with E-state index >= 15 is 0 Å². The summed E-state index contributed by atoms with van der Waals surface area (Å²) in [5.41, 5.74) is 1.03. The van der Waals surface area contributed by atoms with Gasteiger partial charge in [-0.3, -0.25) is 0 Å². The van der Waals surface area contributed by atoms with Crippen LogP contribution in [0.1, 0.15) is 45.4 Å². The van der Waals surface area contributed by atoms with Crippen molar-refractivity contribution < 1.29 is 9.84 Å². The van der Waals surface area contributed by atoms with Gasteiger partial charge in [0, 0.05) is 18.8 Å². The minimum Gasteiger partial charge on any atom is -0.389 e. The molecule has 0 aromatic heterocycles. The predicted molar refractivity (Wildman–Crippen MR) is 85.1 cm³/mol. The number of benzene rings is 1. The summed E-state index contributed by atoms with van der Waals surface area (Å²) in [4.78, 5) is 0. The molecule has 0 aliphatic carbocycles. The molecule has 1 aromatic carbocycles. The van der Waals surface area contributed by atoms with Crippen molar-refractivity contribution in [3.05, 3.63) is 30.3 Å². The minimum atomic E-state index is -0.449. The van der Waals surface area contributed by atoms with E-state index in [9.17, 15) is 5.11 Å². The first-order valence-corrected chi connectivity index (χ1v) is 7.87. The molecule has 0 saturated carbocycles. The SMILES string of the molecule is CCCCCCCCOCC(O)CNc1ccccc1. The Morgan fingerprint density at radius 1 is 1.05 bits per heavy atom. The highest BCUT2D eigenvalue weighted by Gasteiger charge is 2.03. The molecule has 3 heteroatoms. The van der Waals surface area contributed by atoms with E-state index in [4.69, 9.17) is 4.74 Å². The number of ether oxygens (including phenoxy) is 1. The molecular formula is C17H29NO2. The molecule has 0 heterocycles. The first-order chi connectivity index (χ1) is 9.83. The van der Waals surface area contributed by atoms with E-state index < -0.39 is 6.10 Å². The zero-order valence-corrected chi connectivity index (χ0v) is 12.7. The van der Waals surface area contributed by atoms with Gasteiger partial charge in [0.1, 0.15) is 0 Å². The van der Waals surface area contributed by atoms with Crippen LogP contribution in [-0.2, 0) is 4.74 Å². The Morgan fingerprint density at radius 3 is 2.50 bits per heavy atom. The molecule has 2 N–H and O–H groups in total. The average molecular weight is 279 g/mol. The molecule has 114 valence electrons. The second-order valence-electron chi connectivity index (χ2n) is 5.24. The van der Waals surface area contributed by atoms with Crippen LogP contribution in [0.4, 0.5) is 5.69 Å². The molecule has 20 heavy (non-hydrogen) atoms. The first-order valence-electron chi connectivity index (χ1n) is 7.87. The molecule has 3 nitrogen and oxygen atoms in total. The van der Waals surface area contributed by atoms with Gasteiger partial charge in [0.2, 0.25) is 0 Å².